The van der Waals surface area contributed by atoms with Crippen molar-refractivity contribution in [1.29, 1.82) is 0 Å². The van der Waals surface area contributed by atoms with Gasteiger partial charge in [-0.05, 0) is 24.3 Å². The zero-order valence-electron chi connectivity index (χ0n) is 9.97. The van der Waals surface area contributed by atoms with Crippen LogP contribution in [-0.2, 0) is 4.79 Å². The van der Waals surface area contributed by atoms with Crippen LogP contribution in [-0.4, -0.2) is 53.9 Å². The maximum atomic E-state index is 11.7. The average molecular weight is 273 g/mol. The van der Waals surface area contributed by atoms with Crippen molar-refractivity contribution in [3.63, 3.8) is 0 Å². The first-order valence-electron chi connectivity index (χ1n) is 5.65. The fraction of sp³-hybridized carbons (Fsp3) is 0.417. The number of benzene rings is 1. The number of aliphatic hydroxyl groups excluding tert-OH is 2. The minimum Gasteiger partial charge on any atom is -0.395 e. The third kappa shape index (κ3) is 5.46. The van der Waals surface area contributed by atoms with Crippen LogP contribution in [0.25, 0.3) is 0 Å². The van der Waals surface area contributed by atoms with Gasteiger partial charge in [0.05, 0.1) is 19.8 Å². The molecule has 1 aromatic carbocycles. The van der Waals surface area contributed by atoms with Gasteiger partial charge in [0.15, 0.2) is 0 Å². The predicted octanol–water partition coefficient (Wildman–Crippen LogP) is 0.565. The molecule has 0 aliphatic carbocycles. The molecule has 0 heterocycles. The van der Waals surface area contributed by atoms with E-state index in [1.54, 1.807) is 29.2 Å². The number of hydrogen-bond donors (Lipinski definition) is 3. The van der Waals surface area contributed by atoms with Gasteiger partial charge in [-0.3, -0.25) is 9.69 Å². The Balaban J connectivity index is 2.46. The Morgan fingerprint density at radius 1 is 1.17 bits per heavy atom. The molecular formula is C12H17ClN2O3. The van der Waals surface area contributed by atoms with Crippen LogP contribution in [0.5, 0.6) is 0 Å². The Morgan fingerprint density at radius 3 is 2.22 bits per heavy atom. The highest BCUT2D eigenvalue weighted by molar-refractivity contribution is 6.30. The third-order valence-corrected chi connectivity index (χ3v) is 2.58. The molecule has 0 aromatic heterocycles. The number of aliphatic hydroxyl groups is 2. The molecule has 0 aliphatic rings. The van der Waals surface area contributed by atoms with Gasteiger partial charge >= 0.3 is 0 Å². The molecule has 0 atom stereocenters. The maximum absolute atomic E-state index is 11.7. The van der Waals surface area contributed by atoms with Gasteiger partial charge in [0, 0.05) is 23.8 Å². The Hall–Kier alpha value is -1.14. The normalized spacial score (nSPS) is 10.7. The fourth-order valence-electron chi connectivity index (χ4n) is 1.49. The van der Waals surface area contributed by atoms with E-state index in [2.05, 4.69) is 5.32 Å². The highest BCUT2D eigenvalue weighted by Crippen LogP contribution is 2.13. The summed E-state index contributed by atoms with van der Waals surface area (Å²) in [7, 11) is 0. The van der Waals surface area contributed by atoms with E-state index in [-0.39, 0.29) is 25.7 Å². The first-order chi connectivity index (χ1) is 8.65. The highest BCUT2D eigenvalue weighted by atomic mass is 35.5. The van der Waals surface area contributed by atoms with Crippen molar-refractivity contribution in [3.05, 3.63) is 29.3 Å². The van der Waals surface area contributed by atoms with E-state index in [1.165, 1.54) is 0 Å². The van der Waals surface area contributed by atoms with Gasteiger partial charge in [0.2, 0.25) is 5.91 Å². The molecule has 3 N–H and O–H groups in total. The van der Waals surface area contributed by atoms with Gasteiger partial charge < -0.3 is 15.5 Å². The molecule has 100 valence electrons. The van der Waals surface area contributed by atoms with E-state index in [0.717, 1.165) is 0 Å². The Labute approximate surface area is 111 Å². The van der Waals surface area contributed by atoms with E-state index in [1.807, 2.05) is 0 Å². The van der Waals surface area contributed by atoms with E-state index >= 15 is 0 Å². The SMILES string of the molecule is O=C(CN(CCO)CCO)Nc1ccc(Cl)cc1. The monoisotopic (exact) mass is 272 g/mol. The van der Waals surface area contributed by atoms with Crippen molar-refractivity contribution in [2.45, 2.75) is 0 Å². The number of carbonyl (C=O) groups excluding carboxylic acids is 1. The van der Waals surface area contributed by atoms with Gasteiger partial charge in [0.25, 0.3) is 0 Å². The zero-order valence-corrected chi connectivity index (χ0v) is 10.7. The van der Waals surface area contributed by atoms with E-state index in [9.17, 15) is 4.79 Å². The molecule has 1 aromatic rings. The molecule has 0 unspecified atom stereocenters. The van der Waals surface area contributed by atoms with E-state index < -0.39 is 0 Å². The van der Waals surface area contributed by atoms with E-state index in [0.29, 0.717) is 23.8 Å². The molecule has 0 spiro atoms. The number of nitrogens with zero attached hydrogens (tertiary/aromatic N) is 1. The second-order valence-electron chi connectivity index (χ2n) is 3.78. The summed E-state index contributed by atoms with van der Waals surface area (Å²) in [4.78, 5) is 13.4. The number of halogens is 1. The Bertz CT molecular complexity index is 364. The summed E-state index contributed by atoms with van der Waals surface area (Å²) in [5.74, 6) is -0.195. The van der Waals surface area contributed by atoms with Crippen molar-refractivity contribution in [2.24, 2.45) is 0 Å². The van der Waals surface area contributed by atoms with Crippen LogP contribution in [0.3, 0.4) is 0 Å². The quantitative estimate of drug-likeness (QED) is 0.678. The lowest BCUT2D eigenvalue weighted by Crippen LogP contribution is -2.37. The van der Waals surface area contributed by atoms with Crippen molar-refractivity contribution < 1.29 is 15.0 Å². The summed E-state index contributed by atoms with van der Waals surface area (Å²) in [6.07, 6.45) is 0. The molecule has 0 saturated carbocycles. The summed E-state index contributed by atoms with van der Waals surface area (Å²) < 4.78 is 0. The molecular weight excluding hydrogens is 256 g/mol. The van der Waals surface area contributed by atoms with Crippen molar-refractivity contribution in [3.8, 4) is 0 Å². The molecule has 1 rings (SSSR count). The number of rotatable bonds is 7. The molecule has 5 nitrogen and oxygen atoms in total. The van der Waals surface area contributed by atoms with Gasteiger partial charge in [-0.25, -0.2) is 0 Å². The van der Waals surface area contributed by atoms with Crippen molar-refractivity contribution in [1.82, 2.24) is 4.90 Å². The number of carbonyl (C=O) groups is 1. The molecule has 0 saturated heterocycles. The number of anilines is 1. The Kier molecular flexibility index (Phi) is 6.67. The second kappa shape index (κ2) is 8.05. The lowest BCUT2D eigenvalue weighted by Gasteiger charge is -2.19. The summed E-state index contributed by atoms with van der Waals surface area (Å²) in [5.41, 5.74) is 0.664. The molecule has 0 bridgehead atoms. The van der Waals surface area contributed by atoms with Crippen LogP contribution in [0.2, 0.25) is 5.02 Å². The largest absolute Gasteiger partial charge is 0.395 e. The van der Waals surface area contributed by atoms with Crippen molar-refractivity contribution in [2.75, 3.05) is 38.2 Å². The van der Waals surface area contributed by atoms with Crippen LogP contribution in [0, 0.1) is 0 Å². The summed E-state index contributed by atoms with van der Waals surface area (Å²) in [6, 6.07) is 6.80. The van der Waals surface area contributed by atoms with Crippen LogP contribution in [0.1, 0.15) is 0 Å². The first-order valence-corrected chi connectivity index (χ1v) is 6.03. The average Bonchev–Trinajstić information content (AvgIpc) is 2.33. The molecule has 6 heteroatoms. The van der Waals surface area contributed by atoms with Gasteiger partial charge in [0.1, 0.15) is 0 Å². The predicted molar refractivity (Wildman–Crippen MR) is 70.7 cm³/mol. The van der Waals surface area contributed by atoms with Gasteiger partial charge in [-0.2, -0.15) is 0 Å². The lowest BCUT2D eigenvalue weighted by atomic mass is 10.3. The Morgan fingerprint density at radius 2 is 1.72 bits per heavy atom. The van der Waals surface area contributed by atoms with Crippen LogP contribution < -0.4 is 5.32 Å². The number of amides is 1. The van der Waals surface area contributed by atoms with Gasteiger partial charge in [-0.15, -0.1) is 0 Å². The molecule has 0 radical (unpaired) electrons. The molecule has 1 amide bonds. The molecule has 0 aliphatic heterocycles. The van der Waals surface area contributed by atoms with Crippen LogP contribution >= 0.6 is 11.6 Å². The third-order valence-electron chi connectivity index (χ3n) is 2.33. The summed E-state index contributed by atoms with van der Waals surface area (Å²) >= 11 is 5.74. The number of hydrogen-bond acceptors (Lipinski definition) is 4. The first kappa shape index (κ1) is 14.9. The summed E-state index contributed by atoms with van der Waals surface area (Å²) in [5, 5.41) is 21.0. The second-order valence-corrected chi connectivity index (χ2v) is 4.21. The van der Waals surface area contributed by atoms with Gasteiger partial charge in [-0.1, -0.05) is 11.6 Å². The van der Waals surface area contributed by atoms with Crippen LogP contribution in [0.4, 0.5) is 5.69 Å². The summed E-state index contributed by atoms with van der Waals surface area (Å²) in [6.45, 7) is 0.745. The molecule has 0 fully saturated rings. The minimum absolute atomic E-state index is 0.0474. The minimum atomic E-state index is -0.195. The van der Waals surface area contributed by atoms with Crippen molar-refractivity contribution >= 4 is 23.2 Å². The lowest BCUT2D eigenvalue weighted by molar-refractivity contribution is -0.117. The fourth-order valence-corrected chi connectivity index (χ4v) is 1.62. The smallest absolute Gasteiger partial charge is 0.238 e. The standard InChI is InChI=1S/C12H17ClN2O3/c13-10-1-3-11(4-2-10)14-12(18)9-15(5-7-16)6-8-17/h1-4,16-17H,5-9H2,(H,14,18). The topological polar surface area (TPSA) is 72.8 Å². The highest BCUT2D eigenvalue weighted by Gasteiger charge is 2.09. The number of nitrogens with one attached hydrogen (secondary N) is 1. The van der Waals surface area contributed by atoms with Crippen LogP contribution in [0.15, 0.2) is 24.3 Å². The zero-order chi connectivity index (χ0) is 13.4. The van der Waals surface area contributed by atoms with E-state index in [4.69, 9.17) is 21.8 Å². The molecule has 18 heavy (non-hydrogen) atoms. The maximum Gasteiger partial charge on any atom is 0.238 e.